The molecule has 4 rings (SSSR count). The van der Waals surface area contributed by atoms with Gasteiger partial charge in [-0.2, -0.15) is 8.78 Å². The second-order valence-corrected chi connectivity index (χ2v) is 7.76. The average molecular weight is 439 g/mol. The van der Waals surface area contributed by atoms with Gasteiger partial charge >= 0.3 is 6.43 Å². The van der Waals surface area contributed by atoms with E-state index in [1.165, 1.54) is 4.90 Å². The molecule has 1 N–H and O–H groups in total. The number of alkyl halides is 2. The fourth-order valence-corrected chi connectivity index (χ4v) is 3.92. The molecule has 3 aromatic rings. The number of carbonyl (C=O) groups is 2. The third-order valence-electron chi connectivity index (χ3n) is 5.62. The lowest BCUT2D eigenvalue weighted by molar-refractivity contribution is -0.143. The quantitative estimate of drug-likeness (QED) is 0.656. The van der Waals surface area contributed by atoms with E-state index in [2.05, 4.69) is 15.3 Å². The lowest BCUT2D eigenvalue weighted by Crippen LogP contribution is -2.41. The van der Waals surface area contributed by atoms with Crippen molar-refractivity contribution < 1.29 is 18.4 Å². The fourth-order valence-electron chi connectivity index (χ4n) is 3.92. The Hall–Kier alpha value is -3.62. The number of imidazole rings is 1. The highest BCUT2D eigenvalue weighted by molar-refractivity contribution is 6.05. The van der Waals surface area contributed by atoms with Gasteiger partial charge in [0, 0.05) is 48.5 Å². The van der Waals surface area contributed by atoms with Crippen molar-refractivity contribution in [3.8, 4) is 5.69 Å². The predicted octanol–water partition coefficient (Wildman–Crippen LogP) is 3.80. The Morgan fingerprint density at radius 1 is 1.09 bits per heavy atom. The monoisotopic (exact) mass is 439 g/mol. The molecule has 166 valence electrons. The summed E-state index contributed by atoms with van der Waals surface area (Å²) in [6.07, 6.45) is 3.18. The number of likely N-dealkylation sites (tertiary alicyclic amines) is 1. The molecule has 7 nitrogen and oxygen atoms in total. The molecule has 0 radical (unpaired) electrons. The highest BCUT2D eigenvalue weighted by atomic mass is 19.3. The van der Waals surface area contributed by atoms with Crippen molar-refractivity contribution in [3.63, 3.8) is 0 Å². The summed E-state index contributed by atoms with van der Waals surface area (Å²) < 4.78 is 27.3. The molecule has 2 aromatic heterocycles. The molecular weight excluding hydrogens is 416 g/mol. The summed E-state index contributed by atoms with van der Waals surface area (Å²) in [7, 11) is 0. The van der Waals surface area contributed by atoms with Crippen LogP contribution in [0.1, 0.15) is 40.5 Å². The summed E-state index contributed by atoms with van der Waals surface area (Å²) in [5.41, 5.74) is 3.42. The summed E-state index contributed by atoms with van der Waals surface area (Å²) in [5, 5.41) is 2.90. The molecule has 0 saturated carbocycles. The largest absolute Gasteiger partial charge is 0.338 e. The van der Waals surface area contributed by atoms with E-state index in [4.69, 9.17) is 0 Å². The molecule has 2 amide bonds. The predicted molar refractivity (Wildman–Crippen MR) is 115 cm³/mol. The molecule has 32 heavy (non-hydrogen) atoms. The Labute approximate surface area is 184 Å². The van der Waals surface area contributed by atoms with Crippen LogP contribution >= 0.6 is 0 Å². The first-order valence-electron chi connectivity index (χ1n) is 10.4. The molecule has 1 aromatic carbocycles. The number of rotatable bonds is 5. The number of anilines is 1. The van der Waals surface area contributed by atoms with Gasteiger partial charge < -0.3 is 14.8 Å². The van der Waals surface area contributed by atoms with Gasteiger partial charge in [0.15, 0.2) is 0 Å². The lowest BCUT2D eigenvalue weighted by atomic mass is 9.89. The van der Waals surface area contributed by atoms with Gasteiger partial charge in [0.2, 0.25) is 0 Å². The van der Waals surface area contributed by atoms with Crippen LogP contribution in [0.3, 0.4) is 0 Å². The number of nitrogens with one attached hydrogen (secondary N) is 1. The van der Waals surface area contributed by atoms with E-state index in [0.717, 1.165) is 11.4 Å². The van der Waals surface area contributed by atoms with Crippen molar-refractivity contribution in [1.29, 1.82) is 0 Å². The van der Waals surface area contributed by atoms with Crippen LogP contribution in [-0.2, 0) is 4.79 Å². The van der Waals surface area contributed by atoms with Crippen molar-refractivity contribution in [3.05, 3.63) is 72.1 Å². The first-order chi connectivity index (χ1) is 15.4. The molecule has 1 fully saturated rings. The molecule has 0 aliphatic carbocycles. The summed E-state index contributed by atoms with van der Waals surface area (Å²) in [6.45, 7) is 2.29. The van der Waals surface area contributed by atoms with E-state index in [0.29, 0.717) is 29.8 Å². The Bertz CT molecular complexity index is 1090. The maximum absolute atomic E-state index is 13.0. The average Bonchev–Trinajstić information content (AvgIpc) is 3.34. The van der Waals surface area contributed by atoms with E-state index in [1.807, 2.05) is 42.0 Å². The van der Waals surface area contributed by atoms with Crippen molar-refractivity contribution in [2.24, 2.45) is 0 Å². The van der Waals surface area contributed by atoms with Gasteiger partial charge in [-0.05, 0) is 56.2 Å². The number of carbonyl (C=O) groups excluding carboxylic acids is 2. The number of benzene rings is 1. The van der Waals surface area contributed by atoms with Crippen LogP contribution in [0.2, 0.25) is 0 Å². The number of amides is 2. The summed E-state index contributed by atoms with van der Waals surface area (Å²) in [4.78, 5) is 34.4. The SMILES string of the molecule is Cc1ccc(C(=O)Nc2ccc(-n3ccnc3)cc2)c(C2CCN(C(=O)C(F)F)CC2)n1. The van der Waals surface area contributed by atoms with Crippen LogP contribution in [-0.4, -0.2) is 50.8 Å². The highest BCUT2D eigenvalue weighted by Crippen LogP contribution is 2.30. The normalized spacial score (nSPS) is 14.6. The van der Waals surface area contributed by atoms with Crippen molar-refractivity contribution >= 4 is 17.5 Å². The third kappa shape index (κ3) is 4.66. The first kappa shape index (κ1) is 21.6. The van der Waals surface area contributed by atoms with E-state index in [1.54, 1.807) is 24.7 Å². The van der Waals surface area contributed by atoms with Gasteiger partial charge in [0.05, 0.1) is 17.6 Å². The Morgan fingerprint density at radius 3 is 2.44 bits per heavy atom. The molecule has 1 saturated heterocycles. The molecule has 0 spiro atoms. The van der Waals surface area contributed by atoms with Crippen LogP contribution in [0.4, 0.5) is 14.5 Å². The Balaban J connectivity index is 1.48. The van der Waals surface area contributed by atoms with E-state index >= 15 is 0 Å². The number of piperidine rings is 1. The third-order valence-corrected chi connectivity index (χ3v) is 5.62. The van der Waals surface area contributed by atoms with Gasteiger partial charge in [-0.25, -0.2) is 4.98 Å². The molecule has 0 bridgehead atoms. The number of hydrogen-bond acceptors (Lipinski definition) is 4. The summed E-state index contributed by atoms with van der Waals surface area (Å²) in [6, 6.07) is 10.9. The van der Waals surface area contributed by atoms with Gasteiger partial charge in [0.1, 0.15) is 0 Å². The first-order valence-corrected chi connectivity index (χ1v) is 10.4. The van der Waals surface area contributed by atoms with E-state index < -0.39 is 12.3 Å². The number of nitrogens with zero attached hydrogens (tertiary/aromatic N) is 4. The van der Waals surface area contributed by atoms with Crippen LogP contribution in [0.15, 0.2) is 55.1 Å². The second-order valence-electron chi connectivity index (χ2n) is 7.76. The molecule has 9 heteroatoms. The van der Waals surface area contributed by atoms with Crippen LogP contribution in [0.25, 0.3) is 5.69 Å². The Kier molecular flexibility index (Phi) is 6.25. The van der Waals surface area contributed by atoms with Gasteiger partial charge in [-0.3, -0.25) is 14.6 Å². The topological polar surface area (TPSA) is 80.1 Å². The van der Waals surface area contributed by atoms with Crippen molar-refractivity contribution in [2.45, 2.75) is 32.1 Å². The minimum Gasteiger partial charge on any atom is -0.338 e. The smallest absolute Gasteiger partial charge is 0.315 e. The van der Waals surface area contributed by atoms with Crippen molar-refractivity contribution in [2.75, 3.05) is 18.4 Å². The van der Waals surface area contributed by atoms with E-state index in [9.17, 15) is 18.4 Å². The zero-order valence-electron chi connectivity index (χ0n) is 17.5. The zero-order valence-corrected chi connectivity index (χ0v) is 17.5. The standard InChI is InChI=1S/C23H23F2N5O2/c1-15-2-7-19(20(27-15)16-8-11-29(12-9-16)23(32)21(24)25)22(31)28-17-3-5-18(6-4-17)30-13-10-26-14-30/h2-7,10,13-14,16,21H,8-9,11-12H2,1H3,(H,28,31). The zero-order chi connectivity index (χ0) is 22.7. The van der Waals surface area contributed by atoms with Gasteiger partial charge in [-0.1, -0.05) is 0 Å². The molecular formula is C23H23F2N5O2. The highest BCUT2D eigenvalue weighted by Gasteiger charge is 2.30. The minimum atomic E-state index is -3.00. The molecule has 3 heterocycles. The maximum Gasteiger partial charge on any atom is 0.315 e. The lowest BCUT2D eigenvalue weighted by Gasteiger charge is -2.32. The maximum atomic E-state index is 13.0. The fraction of sp³-hybridized carbons (Fsp3) is 0.304. The number of pyridine rings is 1. The number of aryl methyl sites for hydroxylation is 1. The van der Waals surface area contributed by atoms with Crippen LogP contribution in [0.5, 0.6) is 0 Å². The number of halogens is 2. The summed E-state index contributed by atoms with van der Waals surface area (Å²) >= 11 is 0. The van der Waals surface area contributed by atoms with Crippen molar-refractivity contribution in [1.82, 2.24) is 19.4 Å². The van der Waals surface area contributed by atoms with Gasteiger partial charge in [-0.15, -0.1) is 0 Å². The molecule has 0 unspecified atom stereocenters. The summed E-state index contributed by atoms with van der Waals surface area (Å²) in [5.74, 6) is -1.51. The minimum absolute atomic E-state index is 0.0824. The van der Waals surface area contributed by atoms with Crippen LogP contribution < -0.4 is 5.32 Å². The van der Waals surface area contributed by atoms with E-state index in [-0.39, 0.29) is 24.9 Å². The molecule has 1 aliphatic rings. The number of aromatic nitrogens is 3. The number of hydrogen-bond donors (Lipinski definition) is 1. The molecule has 0 atom stereocenters. The Morgan fingerprint density at radius 2 is 1.81 bits per heavy atom. The van der Waals surface area contributed by atoms with Crippen LogP contribution in [0, 0.1) is 6.92 Å². The molecule has 1 aliphatic heterocycles. The van der Waals surface area contributed by atoms with Gasteiger partial charge in [0.25, 0.3) is 11.8 Å². The second kappa shape index (κ2) is 9.25.